The summed E-state index contributed by atoms with van der Waals surface area (Å²) >= 11 is 0. The lowest BCUT2D eigenvalue weighted by molar-refractivity contribution is 0.0270. The molecule has 136 valence electrons. The molecule has 7 heteroatoms. The maximum absolute atomic E-state index is 12.1. The van der Waals surface area contributed by atoms with Gasteiger partial charge in [-0.05, 0) is 32.8 Å². The van der Waals surface area contributed by atoms with Crippen molar-refractivity contribution in [3.8, 4) is 0 Å². The summed E-state index contributed by atoms with van der Waals surface area (Å²) in [6.07, 6.45) is 7.80. The zero-order chi connectivity index (χ0) is 18.6. The smallest absolute Gasteiger partial charge is 0.410 e. The molecule has 0 unspecified atom stereocenters. The molecule has 0 aromatic carbocycles. The molecule has 1 amide bonds. The van der Waals surface area contributed by atoms with Gasteiger partial charge >= 0.3 is 6.09 Å². The average Bonchev–Trinajstić information content (AvgIpc) is 3.01. The van der Waals surface area contributed by atoms with Gasteiger partial charge in [0, 0.05) is 25.5 Å². The van der Waals surface area contributed by atoms with Crippen molar-refractivity contribution < 1.29 is 9.53 Å². The van der Waals surface area contributed by atoms with Crippen molar-refractivity contribution in [2.24, 2.45) is 0 Å². The Hall–Kier alpha value is -2.57. The SMILES string of the molecule is CC.CC(C)(C)OC(=O)N1CC=C(c2cnc3c(N)nccn23)CC1. The Morgan fingerprint density at radius 3 is 2.60 bits per heavy atom. The largest absolute Gasteiger partial charge is 0.444 e. The molecule has 0 atom stereocenters. The first-order valence-corrected chi connectivity index (χ1v) is 8.60. The third-order valence-electron chi connectivity index (χ3n) is 3.65. The van der Waals surface area contributed by atoms with Crippen LogP contribution >= 0.6 is 0 Å². The second-order valence-corrected chi connectivity index (χ2v) is 6.56. The van der Waals surface area contributed by atoms with Gasteiger partial charge in [-0.1, -0.05) is 19.9 Å². The van der Waals surface area contributed by atoms with E-state index in [-0.39, 0.29) is 6.09 Å². The maximum Gasteiger partial charge on any atom is 0.410 e. The Kier molecular flexibility index (Phi) is 5.66. The predicted molar refractivity (Wildman–Crippen MR) is 99.1 cm³/mol. The maximum atomic E-state index is 12.1. The van der Waals surface area contributed by atoms with E-state index in [4.69, 9.17) is 10.5 Å². The number of aromatic nitrogens is 3. The fraction of sp³-hybridized carbons (Fsp3) is 0.500. The first-order valence-electron chi connectivity index (χ1n) is 8.60. The number of nitrogens with two attached hydrogens (primary N) is 1. The van der Waals surface area contributed by atoms with E-state index in [1.165, 1.54) is 0 Å². The molecule has 0 spiro atoms. The topological polar surface area (TPSA) is 85.8 Å². The van der Waals surface area contributed by atoms with E-state index in [2.05, 4.69) is 9.97 Å². The lowest BCUT2D eigenvalue weighted by Crippen LogP contribution is -2.39. The number of nitrogen functional groups attached to an aromatic ring is 1. The number of fused-ring (bicyclic) bond motifs is 1. The number of anilines is 1. The van der Waals surface area contributed by atoms with Crippen LogP contribution in [-0.4, -0.2) is 44.1 Å². The van der Waals surface area contributed by atoms with Crippen LogP contribution in [0.2, 0.25) is 0 Å². The van der Waals surface area contributed by atoms with Gasteiger partial charge in [-0.25, -0.2) is 14.8 Å². The number of hydrogen-bond acceptors (Lipinski definition) is 5. The molecular formula is C18H27N5O2. The highest BCUT2D eigenvalue weighted by atomic mass is 16.6. The number of carbonyl (C=O) groups is 1. The summed E-state index contributed by atoms with van der Waals surface area (Å²) in [4.78, 5) is 22.2. The highest BCUT2D eigenvalue weighted by Crippen LogP contribution is 2.25. The Labute approximate surface area is 148 Å². The van der Waals surface area contributed by atoms with Crippen molar-refractivity contribution in [2.45, 2.75) is 46.6 Å². The highest BCUT2D eigenvalue weighted by Gasteiger charge is 2.24. The van der Waals surface area contributed by atoms with Crippen LogP contribution in [0.5, 0.6) is 0 Å². The zero-order valence-corrected chi connectivity index (χ0v) is 15.6. The Morgan fingerprint density at radius 2 is 2.00 bits per heavy atom. The van der Waals surface area contributed by atoms with E-state index in [1.807, 2.05) is 51.3 Å². The molecule has 0 radical (unpaired) electrons. The Balaban J connectivity index is 0.00000109. The van der Waals surface area contributed by atoms with Gasteiger partial charge < -0.3 is 15.4 Å². The second-order valence-electron chi connectivity index (χ2n) is 6.56. The minimum atomic E-state index is -0.479. The first-order chi connectivity index (χ1) is 11.8. The average molecular weight is 345 g/mol. The van der Waals surface area contributed by atoms with E-state index in [9.17, 15) is 4.79 Å². The van der Waals surface area contributed by atoms with E-state index in [0.717, 1.165) is 17.7 Å². The molecule has 25 heavy (non-hydrogen) atoms. The van der Waals surface area contributed by atoms with Crippen LogP contribution in [-0.2, 0) is 4.74 Å². The van der Waals surface area contributed by atoms with Crippen molar-refractivity contribution in [1.82, 2.24) is 19.3 Å². The van der Waals surface area contributed by atoms with E-state index in [1.54, 1.807) is 17.3 Å². The van der Waals surface area contributed by atoms with Crippen molar-refractivity contribution in [2.75, 3.05) is 18.8 Å². The molecular weight excluding hydrogens is 318 g/mol. The molecule has 3 heterocycles. The fourth-order valence-corrected chi connectivity index (χ4v) is 2.57. The number of imidazole rings is 1. The van der Waals surface area contributed by atoms with Crippen LogP contribution < -0.4 is 5.73 Å². The van der Waals surface area contributed by atoms with Crippen LogP contribution in [0.25, 0.3) is 11.2 Å². The lowest BCUT2D eigenvalue weighted by atomic mass is 10.1. The van der Waals surface area contributed by atoms with Gasteiger partial charge in [0.25, 0.3) is 0 Å². The summed E-state index contributed by atoms with van der Waals surface area (Å²) in [7, 11) is 0. The normalized spacial score (nSPS) is 14.6. The van der Waals surface area contributed by atoms with Gasteiger partial charge in [0.05, 0.1) is 11.9 Å². The number of nitrogens with zero attached hydrogens (tertiary/aromatic N) is 4. The van der Waals surface area contributed by atoms with E-state index >= 15 is 0 Å². The van der Waals surface area contributed by atoms with Gasteiger partial charge in [0.1, 0.15) is 5.60 Å². The number of ether oxygens (including phenoxy) is 1. The van der Waals surface area contributed by atoms with Gasteiger partial charge in [-0.2, -0.15) is 0 Å². The van der Waals surface area contributed by atoms with Crippen LogP contribution in [0.3, 0.4) is 0 Å². The third-order valence-corrected chi connectivity index (χ3v) is 3.65. The van der Waals surface area contributed by atoms with Crippen LogP contribution in [0.4, 0.5) is 10.6 Å². The number of amides is 1. The Morgan fingerprint density at radius 1 is 1.28 bits per heavy atom. The molecule has 1 aliphatic heterocycles. The van der Waals surface area contributed by atoms with E-state index < -0.39 is 5.60 Å². The quantitative estimate of drug-likeness (QED) is 0.856. The molecule has 0 fully saturated rings. The minimum Gasteiger partial charge on any atom is -0.444 e. The van der Waals surface area contributed by atoms with Crippen LogP contribution in [0.15, 0.2) is 24.7 Å². The summed E-state index contributed by atoms with van der Waals surface area (Å²) in [6.45, 7) is 10.7. The molecule has 0 aliphatic carbocycles. The van der Waals surface area contributed by atoms with Gasteiger partial charge in [-0.15, -0.1) is 0 Å². The second kappa shape index (κ2) is 7.55. The fourth-order valence-electron chi connectivity index (χ4n) is 2.57. The number of carbonyl (C=O) groups excluding carboxylic acids is 1. The number of hydrogen-bond donors (Lipinski definition) is 1. The first kappa shape index (κ1) is 18.8. The summed E-state index contributed by atoms with van der Waals surface area (Å²) < 4.78 is 7.33. The molecule has 0 saturated heterocycles. The van der Waals surface area contributed by atoms with E-state index in [0.29, 0.717) is 24.6 Å². The summed E-state index contributed by atoms with van der Waals surface area (Å²) in [6, 6.07) is 0. The molecule has 0 bridgehead atoms. The molecule has 2 N–H and O–H groups in total. The molecule has 2 aromatic heterocycles. The van der Waals surface area contributed by atoms with Crippen molar-refractivity contribution in [3.63, 3.8) is 0 Å². The zero-order valence-electron chi connectivity index (χ0n) is 15.6. The van der Waals surface area contributed by atoms with Gasteiger partial charge in [0.2, 0.25) is 0 Å². The van der Waals surface area contributed by atoms with Gasteiger partial charge in [0.15, 0.2) is 11.5 Å². The predicted octanol–water partition coefficient (Wildman–Crippen LogP) is 3.36. The standard InChI is InChI=1S/C16H21N5O2.C2H6/c1-16(2,3)23-15(22)20-7-4-11(5-8-20)12-10-19-14-13(17)18-6-9-21(12)14;1-2/h4,6,9-10H,5,7-8H2,1-3H3,(H2,17,18);1-2H3. The summed E-state index contributed by atoms with van der Waals surface area (Å²) in [5, 5.41) is 0. The highest BCUT2D eigenvalue weighted by molar-refractivity contribution is 5.73. The third kappa shape index (κ3) is 4.29. The van der Waals surface area contributed by atoms with Crippen LogP contribution in [0, 0.1) is 0 Å². The minimum absolute atomic E-state index is 0.278. The lowest BCUT2D eigenvalue weighted by Gasteiger charge is -2.29. The Bertz CT molecular complexity index is 773. The molecule has 7 nitrogen and oxygen atoms in total. The van der Waals surface area contributed by atoms with Crippen molar-refractivity contribution in [3.05, 3.63) is 30.4 Å². The molecule has 0 saturated carbocycles. The van der Waals surface area contributed by atoms with Crippen molar-refractivity contribution in [1.29, 1.82) is 0 Å². The molecule has 3 rings (SSSR count). The van der Waals surface area contributed by atoms with Gasteiger partial charge in [-0.3, -0.25) is 4.40 Å². The van der Waals surface area contributed by atoms with Crippen LogP contribution in [0.1, 0.15) is 46.7 Å². The summed E-state index contributed by atoms with van der Waals surface area (Å²) in [5.74, 6) is 0.408. The number of rotatable bonds is 1. The monoisotopic (exact) mass is 345 g/mol. The molecule has 1 aliphatic rings. The van der Waals surface area contributed by atoms with Crippen molar-refractivity contribution >= 4 is 23.1 Å². The molecule has 2 aromatic rings. The summed E-state index contributed by atoms with van der Waals surface area (Å²) in [5.41, 5.74) is 8.13.